The van der Waals surface area contributed by atoms with Crippen LogP contribution in [0.4, 0.5) is 0 Å². The molecule has 0 saturated carbocycles. The van der Waals surface area contributed by atoms with Crippen molar-refractivity contribution in [2.75, 3.05) is 7.05 Å². The molecule has 64 valence electrons. The lowest BCUT2D eigenvalue weighted by Crippen LogP contribution is -2.27. The van der Waals surface area contributed by atoms with Gasteiger partial charge in [0.15, 0.2) is 0 Å². The van der Waals surface area contributed by atoms with Crippen LogP contribution in [0.15, 0.2) is 12.2 Å². The highest BCUT2D eigenvalue weighted by Gasteiger charge is 2.20. The molecular weight excluding hydrogens is 164 g/mol. The Labute approximate surface area is 72.4 Å². The summed E-state index contributed by atoms with van der Waals surface area (Å²) < 4.78 is 0. The number of hydrogen-bond donors (Lipinski definition) is 2. The quantitative estimate of drug-likeness (QED) is 0.555. The van der Waals surface area contributed by atoms with Crippen molar-refractivity contribution < 1.29 is 4.79 Å². The lowest BCUT2D eigenvalue weighted by atomic mass is 10.1. The van der Waals surface area contributed by atoms with Crippen molar-refractivity contribution in [3.05, 3.63) is 12.2 Å². The molecule has 2 atom stereocenters. The highest BCUT2D eigenvalue weighted by Crippen LogP contribution is 2.15. The molecule has 1 amide bonds. The van der Waals surface area contributed by atoms with E-state index in [0.29, 0.717) is 0 Å². The Morgan fingerprint density at radius 2 is 2.27 bits per heavy atom. The minimum Gasteiger partial charge on any atom is -0.359 e. The van der Waals surface area contributed by atoms with E-state index in [1.165, 1.54) is 0 Å². The summed E-state index contributed by atoms with van der Waals surface area (Å²) in [7, 11) is 1.64. The van der Waals surface area contributed by atoms with Gasteiger partial charge in [-0.1, -0.05) is 12.2 Å². The molecule has 3 nitrogen and oxygen atoms in total. The molecule has 1 rings (SSSR count). The van der Waals surface area contributed by atoms with E-state index >= 15 is 0 Å². The molecule has 1 aliphatic rings. The zero-order valence-corrected chi connectivity index (χ0v) is 7.23. The van der Waals surface area contributed by atoms with Gasteiger partial charge in [0.1, 0.15) is 0 Å². The van der Waals surface area contributed by atoms with Crippen molar-refractivity contribution in [3.63, 3.8) is 0 Å². The summed E-state index contributed by atoms with van der Waals surface area (Å²) in [6, 6.07) is 0.0716. The Kier molecular flexibility index (Phi) is 4.15. The first-order chi connectivity index (χ1) is 4.74. The SMILES string of the molecule is CNC(=O)C1C=CC(N)C1.Cl. The lowest BCUT2D eigenvalue weighted by molar-refractivity contribution is -0.123. The summed E-state index contributed by atoms with van der Waals surface area (Å²) in [5.41, 5.74) is 5.55. The smallest absolute Gasteiger partial charge is 0.226 e. The molecule has 0 heterocycles. The maximum atomic E-state index is 10.9. The van der Waals surface area contributed by atoms with Crippen molar-refractivity contribution in [2.45, 2.75) is 12.5 Å². The molecule has 0 bridgehead atoms. The van der Waals surface area contributed by atoms with Gasteiger partial charge in [0.05, 0.1) is 5.92 Å². The number of halogens is 1. The first-order valence-corrected chi connectivity index (χ1v) is 3.39. The predicted octanol–water partition coefficient (Wildman–Crippen LogP) is 0.0576. The van der Waals surface area contributed by atoms with Crippen molar-refractivity contribution in [1.82, 2.24) is 5.32 Å². The monoisotopic (exact) mass is 176 g/mol. The van der Waals surface area contributed by atoms with Crippen molar-refractivity contribution in [1.29, 1.82) is 0 Å². The van der Waals surface area contributed by atoms with Crippen LogP contribution in [0.5, 0.6) is 0 Å². The molecular formula is C7H13ClN2O. The van der Waals surface area contributed by atoms with E-state index in [0.717, 1.165) is 6.42 Å². The van der Waals surface area contributed by atoms with Gasteiger partial charge < -0.3 is 11.1 Å². The van der Waals surface area contributed by atoms with E-state index in [4.69, 9.17) is 5.73 Å². The normalized spacial score (nSPS) is 27.8. The maximum absolute atomic E-state index is 10.9. The first-order valence-electron chi connectivity index (χ1n) is 3.39. The third-order valence-corrected chi connectivity index (χ3v) is 1.70. The van der Waals surface area contributed by atoms with E-state index < -0.39 is 0 Å². The fourth-order valence-electron chi connectivity index (χ4n) is 1.11. The molecule has 0 radical (unpaired) electrons. The highest BCUT2D eigenvalue weighted by atomic mass is 35.5. The third-order valence-electron chi connectivity index (χ3n) is 1.70. The number of nitrogens with two attached hydrogens (primary N) is 1. The third kappa shape index (κ3) is 2.52. The Balaban J connectivity index is 0.000001000. The van der Waals surface area contributed by atoms with Gasteiger partial charge in [-0.15, -0.1) is 12.4 Å². The minimum absolute atomic E-state index is 0. The molecule has 0 spiro atoms. The summed E-state index contributed by atoms with van der Waals surface area (Å²) in [5, 5.41) is 2.58. The fraction of sp³-hybridized carbons (Fsp3) is 0.571. The van der Waals surface area contributed by atoms with E-state index in [1.807, 2.05) is 12.2 Å². The van der Waals surface area contributed by atoms with Crippen LogP contribution < -0.4 is 11.1 Å². The Hall–Kier alpha value is -0.540. The van der Waals surface area contributed by atoms with Crippen LogP contribution in [0, 0.1) is 5.92 Å². The second-order valence-electron chi connectivity index (χ2n) is 2.51. The number of rotatable bonds is 1. The average molecular weight is 177 g/mol. The number of carbonyl (C=O) groups excluding carboxylic acids is 1. The summed E-state index contributed by atoms with van der Waals surface area (Å²) in [6.45, 7) is 0. The summed E-state index contributed by atoms with van der Waals surface area (Å²) >= 11 is 0. The average Bonchev–Trinajstić information content (AvgIpc) is 2.34. The molecule has 0 aromatic carbocycles. The Morgan fingerprint density at radius 3 is 2.64 bits per heavy atom. The molecule has 0 fully saturated rings. The van der Waals surface area contributed by atoms with Gasteiger partial charge in [0, 0.05) is 13.1 Å². The molecule has 0 aromatic heterocycles. The molecule has 1 aliphatic carbocycles. The zero-order chi connectivity index (χ0) is 7.56. The van der Waals surface area contributed by atoms with Crippen LogP contribution in [0.2, 0.25) is 0 Å². The lowest BCUT2D eigenvalue weighted by Gasteiger charge is -2.05. The van der Waals surface area contributed by atoms with Crippen LogP contribution in [0.25, 0.3) is 0 Å². The Morgan fingerprint density at radius 1 is 1.64 bits per heavy atom. The van der Waals surface area contributed by atoms with Crippen LogP contribution in [-0.2, 0) is 4.79 Å². The summed E-state index contributed by atoms with van der Waals surface area (Å²) in [5.74, 6) is 0.0594. The number of carbonyl (C=O) groups is 1. The van der Waals surface area contributed by atoms with Gasteiger partial charge in [-0.2, -0.15) is 0 Å². The topological polar surface area (TPSA) is 55.1 Å². The van der Waals surface area contributed by atoms with E-state index in [1.54, 1.807) is 7.05 Å². The van der Waals surface area contributed by atoms with E-state index in [-0.39, 0.29) is 30.3 Å². The molecule has 11 heavy (non-hydrogen) atoms. The van der Waals surface area contributed by atoms with E-state index in [9.17, 15) is 4.79 Å². The second kappa shape index (κ2) is 4.36. The fourth-order valence-corrected chi connectivity index (χ4v) is 1.11. The Bertz CT molecular complexity index is 170. The molecule has 0 aliphatic heterocycles. The van der Waals surface area contributed by atoms with Gasteiger partial charge in [-0.25, -0.2) is 0 Å². The predicted molar refractivity (Wildman–Crippen MR) is 46.5 cm³/mol. The van der Waals surface area contributed by atoms with Gasteiger partial charge in [-0.3, -0.25) is 4.79 Å². The maximum Gasteiger partial charge on any atom is 0.226 e. The van der Waals surface area contributed by atoms with Crippen molar-refractivity contribution in [2.24, 2.45) is 11.7 Å². The second-order valence-corrected chi connectivity index (χ2v) is 2.51. The molecule has 2 unspecified atom stereocenters. The highest BCUT2D eigenvalue weighted by molar-refractivity contribution is 5.85. The largest absolute Gasteiger partial charge is 0.359 e. The molecule has 0 saturated heterocycles. The van der Waals surface area contributed by atoms with Gasteiger partial charge in [-0.05, 0) is 6.42 Å². The van der Waals surface area contributed by atoms with Crippen LogP contribution in [0.3, 0.4) is 0 Å². The summed E-state index contributed by atoms with van der Waals surface area (Å²) in [4.78, 5) is 10.9. The van der Waals surface area contributed by atoms with Crippen LogP contribution >= 0.6 is 12.4 Å². The van der Waals surface area contributed by atoms with Crippen molar-refractivity contribution in [3.8, 4) is 0 Å². The van der Waals surface area contributed by atoms with Crippen LogP contribution in [-0.4, -0.2) is 19.0 Å². The van der Waals surface area contributed by atoms with Gasteiger partial charge >= 0.3 is 0 Å². The molecule has 0 aromatic rings. The number of hydrogen-bond acceptors (Lipinski definition) is 2. The first kappa shape index (κ1) is 10.5. The zero-order valence-electron chi connectivity index (χ0n) is 6.41. The van der Waals surface area contributed by atoms with Gasteiger partial charge in [0.2, 0.25) is 5.91 Å². The number of nitrogens with one attached hydrogen (secondary N) is 1. The molecule has 3 N–H and O–H groups in total. The van der Waals surface area contributed by atoms with Crippen molar-refractivity contribution >= 4 is 18.3 Å². The minimum atomic E-state index is -0.000000000000000444. The van der Waals surface area contributed by atoms with Gasteiger partial charge in [0.25, 0.3) is 0 Å². The number of amides is 1. The van der Waals surface area contributed by atoms with E-state index in [2.05, 4.69) is 5.32 Å². The standard InChI is InChI=1S/C7H12N2O.ClH/c1-9-7(10)5-2-3-6(8)4-5;/h2-3,5-6H,4,8H2,1H3,(H,9,10);1H. The van der Waals surface area contributed by atoms with Crippen LogP contribution in [0.1, 0.15) is 6.42 Å². The molecule has 4 heteroatoms. The summed E-state index contributed by atoms with van der Waals surface area (Å²) in [6.07, 6.45) is 4.49.